The third-order valence-electron chi connectivity index (χ3n) is 1.84. The predicted molar refractivity (Wildman–Crippen MR) is 57.1 cm³/mol. The first-order valence-corrected chi connectivity index (χ1v) is 4.31. The van der Waals surface area contributed by atoms with Gasteiger partial charge in [-0.05, 0) is 17.7 Å². The summed E-state index contributed by atoms with van der Waals surface area (Å²) < 4.78 is 0. The lowest BCUT2D eigenvalue weighted by atomic mass is 10.1. The molecule has 0 saturated carbocycles. The van der Waals surface area contributed by atoms with Gasteiger partial charge in [0, 0.05) is 5.69 Å². The molecule has 15 heavy (non-hydrogen) atoms. The molecule has 0 spiro atoms. The molecule has 4 nitrogen and oxygen atoms in total. The molecule has 1 rings (SSSR count). The van der Waals surface area contributed by atoms with Crippen molar-refractivity contribution < 1.29 is 9.90 Å². The van der Waals surface area contributed by atoms with Crippen LogP contribution >= 0.6 is 0 Å². The van der Waals surface area contributed by atoms with Gasteiger partial charge in [0.25, 0.3) is 0 Å². The molecular weight excluding hydrogens is 192 g/mol. The summed E-state index contributed by atoms with van der Waals surface area (Å²) in [5.41, 5.74) is 6.91. The van der Waals surface area contributed by atoms with Crippen molar-refractivity contribution in [3.8, 4) is 6.07 Å². The third-order valence-corrected chi connectivity index (χ3v) is 1.84. The molecule has 0 atom stereocenters. The zero-order chi connectivity index (χ0) is 11.3. The largest absolute Gasteiger partial charge is 0.478 e. The van der Waals surface area contributed by atoms with Crippen LogP contribution in [-0.2, 0) is 0 Å². The number of hydrogen-bond donors (Lipinski definition) is 2. The molecule has 76 valence electrons. The van der Waals surface area contributed by atoms with Gasteiger partial charge in [0.1, 0.15) is 0 Å². The van der Waals surface area contributed by atoms with Crippen LogP contribution in [0.15, 0.2) is 24.3 Å². The average Bonchev–Trinajstić information content (AvgIpc) is 2.20. The molecule has 0 aliphatic heterocycles. The van der Waals surface area contributed by atoms with Crippen LogP contribution < -0.4 is 5.73 Å². The number of carboxylic acid groups (broad SMARTS) is 1. The van der Waals surface area contributed by atoms with Gasteiger partial charge in [0.2, 0.25) is 0 Å². The minimum absolute atomic E-state index is 0.157. The number of carbonyl (C=O) groups is 1. The highest BCUT2D eigenvalue weighted by Gasteiger charge is 2.03. The fourth-order valence-electron chi connectivity index (χ4n) is 1.10. The first kappa shape index (κ1) is 10.8. The molecule has 1 aromatic rings. The predicted octanol–water partition coefficient (Wildman–Crippen LogP) is 1.89. The molecular formula is C11H10N2O2. The second-order valence-electron chi connectivity index (χ2n) is 2.91. The maximum Gasteiger partial charge on any atom is 0.335 e. The molecule has 1 aromatic carbocycles. The monoisotopic (exact) mass is 202 g/mol. The Morgan fingerprint density at radius 2 is 2.33 bits per heavy atom. The number of rotatable bonds is 3. The van der Waals surface area contributed by atoms with Crippen molar-refractivity contribution >= 4 is 17.7 Å². The number of benzene rings is 1. The highest BCUT2D eigenvalue weighted by Crippen LogP contribution is 2.16. The highest BCUT2D eigenvalue weighted by molar-refractivity contribution is 5.89. The highest BCUT2D eigenvalue weighted by atomic mass is 16.4. The number of hydrogen-bond acceptors (Lipinski definition) is 3. The van der Waals surface area contributed by atoms with Gasteiger partial charge in [-0.1, -0.05) is 18.2 Å². The maximum absolute atomic E-state index is 10.6. The van der Waals surface area contributed by atoms with E-state index >= 15 is 0 Å². The molecule has 0 amide bonds. The van der Waals surface area contributed by atoms with Crippen molar-refractivity contribution in [3.63, 3.8) is 0 Å². The number of nitrogen functional groups attached to an aromatic ring is 1. The van der Waals surface area contributed by atoms with Gasteiger partial charge < -0.3 is 10.8 Å². The molecule has 4 heteroatoms. The summed E-state index contributed by atoms with van der Waals surface area (Å²) in [5.74, 6) is -1.01. The summed E-state index contributed by atoms with van der Waals surface area (Å²) in [7, 11) is 0. The van der Waals surface area contributed by atoms with E-state index in [-0.39, 0.29) is 5.56 Å². The van der Waals surface area contributed by atoms with E-state index in [1.807, 2.05) is 6.07 Å². The summed E-state index contributed by atoms with van der Waals surface area (Å²) in [5, 5.41) is 17.0. The van der Waals surface area contributed by atoms with Crippen LogP contribution in [0, 0.1) is 11.3 Å². The second kappa shape index (κ2) is 4.82. The van der Waals surface area contributed by atoms with Crippen LogP contribution in [0.1, 0.15) is 22.3 Å². The average molecular weight is 202 g/mol. The fraction of sp³-hybridized carbons (Fsp3) is 0.0909. The number of nitrogens with two attached hydrogens (primary N) is 1. The van der Waals surface area contributed by atoms with Gasteiger partial charge in [0.15, 0.2) is 0 Å². The molecule has 0 fully saturated rings. The Kier molecular flexibility index (Phi) is 3.47. The molecule has 0 radical (unpaired) electrons. The SMILES string of the molecule is N#CCC=Cc1ccc(C(=O)O)cc1N. The maximum atomic E-state index is 10.6. The van der Waals surface area contributed by atoms with Crippen LogP contribution in [0.4, 0.5) is 5.69 Å². The van der Waals surface area contributed by atoms with Crippen LogP contribution in [0.25, 0.3) is 6.08 Å². The smallest absolute Gasteiger partial charge is 0.335 e. The first-order chi connectivity index (χ1) is 7.15. The molecule has 0 aliphatic rings. The van der Waals surface area contributed by atoms with Gasteiger partial charge in [-0.2, -0.15) is 5.26 Å². The Hall–Kier alpha value is -2.28. The number of carboxylic acids is 1. The van der Waals surface area contributed by atoms with Gasteiger partial charge in [-0.25, -0.2) is 4.79 Å². The number of anilines is 1. The normalized spacial score (nSPS) is 10.1. The lowest BCUT2D eigenvalue weighted by Gasteiger charge is -2.01. The quantitative estimate of drug-likeness (QED) is 0.732. The minimum atomic E-state index is -1.01. The third kappa shape index (κ3) is 2.85. The van der Waals surface area contributed by atoms with Gasteiger partial charge in [-0.3, -0.25) is 0 Å². The molecule has 0 aliphatic carbocycles. The Morgan fingerprint density at radius 1 is 1.60 bits per heavy atom. The summed E-state index contributed by atoms with van der Waals surface area (Å²) in [4.78, 5) is 10.6. The van der Waals surface area contributed by atoms with Crippen molar-refractivity contribution in [2.24, 2.45) is 0 Å². The van der Waals surface area contributed by atoms with Gasteiger partial charge in [-0.15, -0.1) is 0 Å². The van der Waals surface area contributed by atoms with Crippen LogP contribution in [0.5, 0.6) is 0 Å². The first-order valence-electron chi connectivity index (χ1n) is 4.31. The van der Waals surface area contributed by atoms with Crippen molar-refractivity contribution in [1.29, 1.82) is 5.26 Å². The fourth-order valence-corrected chi connectivity index (χ4v) is 1.10. The van der Waals surface area contributed by atoms with Crippen LogP contribution in [0.3, 0.4) is 0 Å². The van der Waals surface area contributed by atoms with Gasteiger partial charge in [0.05, 0.1) is 18.1 Å². The Labute approximate surface area is 87.3 Å². The van der Waals surface area contributed by atoms with E-state index in [9.17, 15) is 4.79 Å². The van der Waals surface area contributed by atoms with E-state index in [2.05, 4.69) is 0 Å². The van der Waals surface area contributed by atoms with E-state index in [1.165, 1.54) is 12.1 Å². The summed E-state index contributed by atoms with van der Waals surface area (Å²) in [6.07, 6.45) is 3.68. The molecule has 0 bridgehead atoms. The van der Waals surface area contributed by atoms with Gasteiger partial charge >= 0.3 is 5.97 Å². The lowest BCUT2D eigenvalue weighted by molar-refractivity contribution is 0.0697. The zero-order valence-corrected chi connectivity index (χ0v) is 7.97. The van der Waals surface area contributed by atoms with E-state index in [0.717, 1.165) is 5.56 Å². The Morgan fingerprint density at radius 3 is 2.87 bits per heavy atom. The van der Waals surface area contributed by atoms with E-state index in [1.54, 1.807) is 18.2 Å². The topological polar surface area (TPSA) is 87.1 Å². The van der Waals surface area contributed by atoms with E-state index in [0.29, 0.717) is 12.1 Å². The van der Waals surface area contributed by atoms with Crippen molar-refractivity contribution in [3.05, 3.63) is 35.4 Å². The minimum Gasteiger partial charge on any atom is -0.478 e. The molecule has 0 unspecified atom stereocenters. The lowest BCUT2D eigenvalue weighted by Crippen LogP contribution is -1.98. The van der Waals surface area contributed by atoms with Crippen molar-refractivity contribution in [1.82, 2.24) is 0 Å². The Bertz CT molecular complexity index is 444. The molecule has 0 heterocycles. The van der Waals surface area contributed by atoms with Crippen LogP contribution in [0.2, 0.25) is 0 Å². The van der Waals surface area contributed by atoms with Crippen molar-refractivity contribution in [2.75, 3.05) is 5.73 Å². The van der Waals surface area contributed by atoms with E-state index < -0.39 is 5.97 Å². The Balaban J connectivity index is 2.94. The zero-order valence-electron chi connectivity index (χ0n) is 7.97. The number of allylic oxidation sites excluding steroid dienone is 1. The molecule has 0 aromatic heterocycles. The summed E-state index contributed by atoms with van der Waals surface area (Å²) >= 11 is 0. The summed E-state index contributed by atoms with van der Waals surface area (Å²) in [6, 6.07) is 6.46. The molecule has 0 saturated heterocycles. The number of nitriles is 1. The number of nitrogens with zero attached hydrogens (tertiary/aromatic N) is 1. The van der Waals surface area contributed by atoms with Crippen LogP contribution in [-0.4, -0.2) is 11.1 Å². The standard InChI is InChI=1S/C11H10N2O2/c12-6-2-1-3-8-4-5-9(11(14)15)7-10(8)13/h1,3-5,7H,2,13H2,(H,14,15). The summed E-state index contributed by atoms with van der Waals surface area (Å²) in [6.45, 7) is 0. The molecule has 3 N–H and O–H groups in total. The second-order valence-corrected chi connectivity index (χ2v) is 2.91. The number of aromatic carboxylic acids is 1. The van der Waals surface area contributed by atoms with E-state index in [4.69, 9.17) is 16.1 Å². The van der Waals surface area contributed by atoms with Crippen molar-refractivity contribution in [2.45, 2.75) is 6.42 Å².